The Bertz CT molecular complexity index is 508. The second-order valence-electron chi connectivity index (χ2n) is 4.34. The Hall–Kier alpha value is -0.710. The summed E-state index contributed by atoms with van der Waals surface area (Å²) in [5.74, 6) is 0. The fourth-order valence-electron chi connectivity index (χ4n) is 1.88. The Morgan fingerprint density at radius 1 is 1.18 bits per heavy atom. The fraction of sp³-hybridized carbons (Fsp3) is 0.462. The molecular weight excluding hydrogens is 250 g/mol. The first-order chi connectivity index (χ1) is 7.97. The van der Waals surface area contributed by atoms with Gasteiger partial charge in [0.2, 0.25) is 0 Å². The van der Waals surface area contributed by atoms with Crippen molar-refractivity contribution in [2.45, 2.75) is 40.2 Å². The van der Waals surface area contributed by atoms with Crippen LogP contribution in [-0.4, -0.2) is 10.1 Å². The molecular formula is C13H17NOS2. The molecule has 0 fully saturated rings. The number of hydrogen-bond donors (Lipinski definition) is 1. The van der Waals surface area contributed by atoms with Gasteiger partial charge in [0.05, 0.1) is 16.8 Å². The highest BCUT2D eigenvalue weighted by Gasteiger charge is 2.16. The number of nitrogens with zero attached hydrogens (tertiary/aromatic N) is 1. The summed E-state index contributed by atoms with van der Waals surface area (Å²) in [4.78, 5) is 8.18. The molecule has 2 heterocycles. The predicted molar refractivity (Wildman–Crippen MR) is 74.0 cm³/mol. The van der Waals surface area contributed by atoms with Gasteiger partial charge in [-0.1, -0.05) is 0 Å². The number of aromatic nitrogens is 1. The Balaban J connectivity index is 2.16. The smallest absolute Gasteiger partial charge is 0.0960 e. The van der Waals surface area contributed by atoms with Gasteiger partial charge >= 0.3 is 0 Å². The maximum atomic E-state index is 10.2. The quantitative estimate of drug-likeness (QED) is 0.919. The summed E-state index contributed by atoms with van der Waals surface area (Å²) in [6.45, 7) is 8.23. The lowest BCUT2D eigenvalue weighted by molar-refractivity contribution is 0.178. The maximum Gasteiger partial charge on any atom is 0.0960 e. The summed E-state index contributed by atoms with van der Waals surface area (Å²) >= 11 is 3.42. The molecule has 0 aliphatic rings. The maximum absolute atomic E-state index is 10.2. The summed E-state index contributed by atoms with van der Waals surface area (Å²) in [6.07, 6.45) is 0.195. The van der Waals surface area contributed by atoms with E-state index in [0.29, 0.717) is 6.42 Å². The van der Waals surface area contributed by atoms with Crippen LogP contribution in [0.2, 0.25) is 0 Å². The van der Waals surface area contributed by atoms with Crippen molar-refractivity contribution in [2.24, 2.45) is 0 Å². The van der Waals surface area contributed by atoms with Crippen molar-refractivity contribution in [3.63, 3.8) is 0 Å². The van der Waals surface area contributed by atoms with Crippen molar-refractivity contribution in [1.82, 2.24) is 4.98 Å². The van der Waals surface area contributed by atoms with Crippen LogP contribution >= 0.6 is 22.7 Å². The van der Waals surface area contributed by atoms with Crippen LogP contribution in [-0.2, 0) is 6.42 Å². The molecule has 4 heteroatoms. The molecule has 1 unspecified atom stereocenters. The lowest BCUT2D eigenvalue weighted by Gasteiger charge is -2.07. The van der Waals surface area contributed by atoms with Gasteiger partial charge in [-0.2, -0.15) is 0 Å². The summed E-state index contributed by atoms with van der Waals surface area (Å²) in [5, 5.41) is 11.3. The lowest BCUT2D eigenvalue weighted by Crippen LogP contribution is -2.01. The first-order valence-electron chi connectivity index (χ1n) is 5.65. The van der Waals surface area contributed by atoms with E-state index in [-0.39, 0.29) is 0 Å². The molecule has 17 heavy (non-hydrogen) atoms. The molecule has 0 bridgehead atoms. The minimum absolute atomic E-state index is 0.426. The monoisotopic (exact) mass is 267 g/mol. The number of thiophene rings is 1. The first-order valence-corrected chi connectivity index (χ1v) is 7.28. The predicted octanol–water partition coefficient (Wildman–Crippen LogP) is 3.71. The zero-order valence-electron chi connectivity index (χ0n) is 10.6. The molecule has 0 aliphatic heterocycles. The van der Waals surface area contributed by atoms with Crippen molar-refractivity contribution in [3.8, 4) is 0 Å². The highest BCUT2D eigenvalue weighted by Crippen LogP contribution is 2.29. The number of rotatable bonds is 3. The molecule has 0 radical (unpaired) electrons. The van der Waals surface area contributed by atoms with Gasteiger partial charge in [-0.05, 0) is 39.3 Å². The standard InChI is InChI=1S/C13H17NOS2/c1-7-5-11(10(4)16-7)12(15)6-13-14-8(2)9(3)17-13/h5,12,15H,6H2,1-4H3. The van der Waals surface area contributed by atoms with Crippen LogP contribution in [0.25, 0.3) is 0 Å². The summed E-state index contributed by atoms with van der Waals surface area (Å²) in [5.41, 5.74) is 2.13. The Labute approximate surface area is 110 Å². The summed E-state index contributed by atoms with van der Waals surface area (Å²) in [7, 11) is 0. The molecule has 0 saturated heterocycles. The second kappa shape index (κ2) is 4.88. The number of aliphatic hydroxyl groups is 1. The van der Waals surface area contributed by atoms with Crippen LogP contribution in [0.1, 0.15) is 37.0 Å². The molecule has 2 nitrogen and oxygen atoms in total. The van der Waals surface area contributed by atoms with E-state index in [4.69, 9.17) is 0 Å². The molecule has 2 aromatic heterocycles. The van der Waals surface area contributed by atoms with E-state index < -0.39 is 6.10 Å². The third-order valence-corrected chi connectivity index (χ3v) is 4.96. The molecule has 92 valence electrons. The molecule has 0 spiro atoms. The van der Waals surface area contributed by atoms with Gasteiger partial charge in [0.25, 0.3) is 0 Å². The summed E-state index contributed by atoms with van der Waals surface area (Å²) < 4.78 is 0. The minimum atomic E-state index is -0.426. The third-order valence-electron chi connectivity index (χ3n) is 2.88. The van der Waals surface area contributed by atoms with Gasteiger partial charge in [0.1, 0.15) is 0 Å². The van der Waals surface area contributed by atoms with E-state index >= 15 is 0 Å². The topological polar surface area (TPSA) is 33.1 Å². The molecule has 2 aromatic rings. The Morgan fingerprint density at radius 2 is 1.88 bits per heavy atom. The van der Waals surface area contributed by atoms with Crippen LogP contribution in [0.4, 0.5) is 0 Å². The minimum Gasteiger partial charge on any atom is -0.388 e. The van der Waals surface area contributed by atoms with Crippen LogP contribution in [0.5, 0.6) is 0 Å². The van der Waals surface area contributed by atoms with Crippen molar-refractivity contribution >= 4 is 22.7 Å². The van der Waals surface area contributed by atoms with Crippen molar-refractivity contribution in [1.29, 1.82) is 0 Å². The molecule has 1 N–H and O–H groups in total. The third kappa shape index (κ3) is 2.76. The molecule has 0 saturated carbocycles. The van der Waals surface area contributed by atoms with Gasteiger partial charge in [-0.25, -0.2) is 4.98 Å². The molecule has 0 aliphatic carbocycles. The van der Waals surface area contributed by atoms with E-state index in [9.17, 15) is 5.11 Å². The van der Waals surface area contributed by atoms with Crippen LogP contribution < -0.4 is 0 Å². The summed E-state index contributed by atoms with van der Waals surface area (Å²) in [6, 6.07) is 2.08. The number of hydrogen-bond acceptors (Lipinski definition) is 4. The van der Waals surface area contributed by atoms with Crippen LogP contribution in [0.3, 0.4) is 0 Å². The fourth-order valence-corrected chi connectivity index (χ4v) is 3.84. The average molecular weight is 267 g/mol. The van der Waals surface area contributed by atoms with Gasteiger partial charge < -0.3 is 5.11 Å². The highest BCUT2D eigenvalue weighted by atomic mass is 32.1. The van der Waals surface area contributed by atoms with Crippen molar-refractivity contribution in [2.75, 3.05) is 0 Å². The first kappa shape index (κ1) is 12.7. The molecule has 1 atom stereocenters. The van der Waals surface area contributed by atoms with Crippen molar-refractivity contribution in [3.05, 3.63) is 37.0 Å². The lowest BCUT2D eigenvalue weighted by atomic mass is 10.1. The second-order valence-corrected chi connectivity index (χ2v) is 7.09. The van der Waals surface area contributed by atoms with Gasteiger partial charge in [0, 0.05) is 21.1 Å². The van der Waals surface area contributed by atoms with E-state index in [0.717, 1.165) is 16.3 Å². The SMILES string of the molecule is Cc1cc(C(O)Cc2nc(C)c(C)s2)c(C)s1. The molecule has 0 amide bonds. The van der Waals surface area contributed by atoms with Gasteiger partial charge in [-0.3, -0.25) is 0 Å². The highest BCUT2D eigenvalue weighted by molar-refractivity contribution is 7.12. The van der Waals surface area contributed by atoms with Gasteiger partial charge in [0.15, 0.2) is 0 Å². The Morgan fingerprint density at radius 3 is 2.35 bits per heavy atom. The largest absolute Gasteiger partial charge is 0.388 e. The normalized spacial score (nSPS) is 13.0. The van der Waals surface area contributed by atoms with Crippen LogP contribution in [0, 0.1) is 27.7 Å². The molecule has 0 aromatic carbocycles. The average Bonchev–Trinajstić information content (AvgIpc) is 2.71. The van der Waals surface area contributed by atoms with E-state index in [1.165, 1.54) is 14.6 Å². The zero-order valence-corrected chi connectivity index (χ0v) is 12.2. The number of aryl methyl sites for hydroxylation is 4. The van der Waals surface area contributed by atoms with Gasteiger partial charge in [-0.15, -0.1) is 22.7 Å². The van der Waals surface area contributed by atoms with Crippen LogP contribution in [0.15, 0.2) is 6.07 Å². The van der Waals surface area contributed by atoms with E-state index in [2.05, 4.69) is 31.8 Å². The number of thiazole rings is 1. The van der Waals surface area contributed by atoms with Crippen molar-refractivity contribution < 1.29 is 5.11 Å². The van der Waals surface area contributed by atoms with E-state index in [1.807, 2.05) is 6.92 Å². The Kier molecular flexibility index (Phi) is 3.66. The van der Waals surface area contributed by atoms with E-state index in [1.54, 1.807) is 22.7 Å². The molecule has 2 rings (SSSR count). The number of aliphatic hydroxyl groups excluding tert-OH is 1. The zero-order chi connectivity index (χ0) is 12.6.